The van der Waals surface area contributed by atoms with Gasteiger partial charge in [-0.25, -0.2) is 0 Å². The smallest absolute Gasteiger partial charge is 0.257 e. The van der Waals surface area contributed by atoms with E-state index >= 15 is 0 Å². The number of nitrogens with zero attached hydrogens (tertiary/aromatic N) is 1. The van der Waals surface area contributed by atoms with Crippen LogP contribution in [0.4, 0.5) is 0 Å². The summed E-state index contributed by atoms with van der Waals surface area (Å²) in [6, 6.07) is 1.80. The third-order valence-electron chi connectivity index (χ3n) is 3.32. The van der Waals surface area contributed by atoms with Gasteiger partial charge in [0.25, 0.3) is 5.91 Å². The lowest BCUT2D eigenvalue weighted by Gasteiger charge is -2.47. The molecule has 0 bridgehead atoms. The number of amides is 1. The van der Waals surface area contributed by atoms with Gasteiger partial charge >= 0.3 is 0 Å². The van der Waals surface area contributed by atoms with Gasteiger partial charge in [-0.3, -0.25) is 4.79 Å². The summed E-state index contributed by atoms with van der Waals surface area (Å²) in [6.45, 7) is 7.10. The summed E-state index contributed by atoms with van der Waals surface area (Å²) in [5.41, 5.74) is 6.64. The molecule has 0 atom stereocenters. The average molecular weight is 236 g/mol. The van der Waals surface area contributed by atoms with Gasteiger partial charge in [0.2, 0.25) is 0 Å². The Morgan fingerprint density at radius 3 is 2.65 bits per heavy atom. The molecule has 1 amide bonds. The summed E-state index contributed by atoms with van der Waals surface area (Å²) in [7, 11) is 0. The van der Waals surface area contributed by atoms with Crippen LogP contribution in [0.3, 0.4) is 0 Å². The summed E-state index contributed by atoms with van der Waals surface area (Å²) < 4.78 is 5.38. The normalized spacial score (nSPS) is 18.0. The van der Waals surface area contributed by atoms with Crippen molar-refractivity contribution in [3.8, 4) is 0 Å². The van der Waals surface area contributed by atoms with Gasteiger partial charge in [0.05, 0.1) is 11.1 Å². The van der Waals surface area contributed by atoms with Gasteiger partial charge in [-0.1, -0.05) is 13.3 Å². The Hall–Kier alpha value is -1.29. The van der Waals surface area contributed by atoms with Crippen LogP contribution in [0.25, 0.3) is 0 Å². The highest BCUT2D eigenvalue weighted by Crippen LogP contribution is 2.26. The standard InChI is InChI=1S/C13H20N2O2/c1-4-5-13(14)7-15(8-13)12(16)11-6-9(2)17-10(11)3/h6H,4-5,7-8,14H2,1-3H3. The average Bonchev–Trinajstić information content (AvgIpc) is 2.53. The highest BCUT2D eigenvalue weighted by molar-refractivity contribution is 5.96. The van der Waals surface area contributed by atoms with Crippen molar-refractivity contribution in [3.05, 3.63) is 23.2 Å². The van der Waals surface area contributed by atoms with Crippen LogP contribution in [0.15, 0.2) is 10.5 Å². The van der Waals surface area contributed by atoms with Crippen molar-refractivity contribution in [2.45, 2.75) is 39.2 Å². The van der Waals surface area contributed by atoms with Crippen LogP contribution in [-0.2, 0) is 0 Å². The first-order valence-electron chi connectivity index (χ1n) is 6.10. The van der Waals surface area contributed by atoms with E-state index in [0.29, 0.717) is 24.4 Å². The van der Waals surface area contributed by atoms with E-state index in [1.807, 2.05) is 13.8 Å². The zero-order valence-electron chi connectivity index (χ0n) is 10.7. The highest BCUT2D eigenvalue weighted by atomic mass is 16.3. The summed E-state index contributed by atoms with van der Waals surface area (Å²) in [6.07, 6.45) is 2.03. The SMILES string of the molecule is CCCC1(N)CN(C(=O)c2cc(C)oc2C)C1. The fraction of sp³-hybridized carbons (Fsp3) is 0.615. The molecule has 2 rings (SSSR count). The molecule has 0 aliphatic carbocycles. The Labute approximate surface area is 102 Å². The molecule has 1 fully saturated rings. The Bertz CT molecular complexity index is 431. The third kappa shape index (κ3) is 2.22. The second-order valence-corrected chi connectivity index (χ2v) is 5.10. The van der Waals surface area contributed by atoms with Gasteiger partial charge in [0.1, 0.15) is 11.5 Å². The van der Waals surface area contributed by atoms with Crippen LogP contribution in [0, 0.1) is 13.8 Å². The quantitative estimate of drug-likeness (QED) is 0.871. The number of carbonyl (C=O) groups excluding carboxylic acids is 1. The molecule has 17 heavy (non-hydrogen) atoms. The first-order chi connectivity index (χ1) is 7.95. The van der Waals surface area contributed by atoms with Crippen molar-refractivity contribution in [2.24, 2.45) is 5.73 Å². The zero-order valence-corrected chi connectivity index (χ0v) is 10.7. The molecule has 4 heteroatoms. The molecule has 1 saturated heterocycles. The molecule has 2 heterocycles. The lowest BCUT2D eigenvalue weighted by Crippen LogP contribution is -2.68. The van der Waals surface area contributed by atoms with Crippen LogP contribution in [0.5, 0.6) is 0 Å². The second kappa shape index (κ2) is 4.18. The molecule has 1 aliphatic heterocycles. The Balaban J connectivity index is 2.02. The van der Waals surface area contributed by atoms with Gasteiger partial charge < -0.3 is 15.1 Å². The molecule has 0 spiro atoms. The van der Waals surface area contributed by atoms with Crippen LogP contribution >= 0.6 is 0 Å². The second-order valence-electron chi connectivity index (χ2n) is 5.10. The third-order valence-corrected chi connectivity index (χ3v) is 3.32. The van der Waals surface area contributed by atoms with E-state index in [9.17, 15) is 4.79 Å². The molecule has 1 aromatic rings. The van der Waals surface area contributed by atoms with E-state index in [0.717, 1.165) is 18.6 Å². The molecule has 94 valence electrons. The van der Waals surface area contributed by atoms with Crippen LogP contribution in [0.2, 0.25) is 0 Å². The maximum absolute atomic E-state index is 12.2. The summed E-state index contributed by atoms with van der Waals surface area (Å²) >= 11 is 0. The van der Waals surface area contributed by atoms with E-state index in [-0.39, 0.29) is 11.4 Å². The predicted molar refractivity (Wildman–Crippen MR) is 65.9 cm³/mol. The van der Waals surface area contributed by atoms with Crippen LogP contribution < -0.4 is 5.73 Å². The number of nitrogens with two attached hydrogens (primary N) is 1. The Morgan fingerprint density at radius 1 is 1.53 bits per heavy atom. The van der Waals surface area contributed by atoms with Crippen molar-refractivity contribution in [2.75, 3.05) is 13.1 Å². The van der Waals surface area contributed by atoms with Gasteiger partial charge in [-0.05, 0) is 26.3 Å². The monoisotopic (exact) mass is 236 g/mol. The number of likely N-dealkylation sites (tertiary alicyclic amines) is 1. The summed E-state index contributed by atoms with van der Waals surface area (Å²) in [5, 5.41) is 0. The minimum atomic E-state index is -0.170. The van der Waals surface area contributed by atoms with Crippen molar-refractivity contribution in [1.29, 1.82) is 0 Å². The maximum Gasteiger partial charge on any atom is 0.257 e. The van der Waals surface area contributed by atoms with E-state index < -0.39 is 0 Å². The number of hydrogen-bond acceptors (Lipinski definition) is 3. The number of hydrogen-bond donors (Lipinski definition) is 1. The lowest BCUT2D eigenvalue weighted by molar-refractivity contribution is 0.0385. The first kappa shape index (κ1) is 12.2. The number of carbonyl (C=O) groups is 1. The molecule has 0 aromatic carbocycles. The van der Waals surface area contributed by atoms with Crippen molar-refractivity contribution in [1.82, 2.24) is 4.90 Å². The molecular formula is C13H20N2O2. The first-order valence-corrected chi connectivity index (χ1v) is 6.10. The molecule has 0 saturated carbocycles. The van der Waals surface area contributed by atoms with E-state index in [2.05, 4.69) is 6.92 Å². The number of aryl methyl sites for hydroxylation is 2. The minimum Gasteiger partial charge on any atom is -0.466 e. The predicted octanol–water partition coefficient (Wildman–Crippen LogP) is 1.85. The lowest BCUT2D eigenvalue weighted by atomic mass is 9.86. The Morgan fingerprint density at radius 2 is 2.18 bits per heavy atom. The van der Waals surface area contributed by atoms with Gasteiger partial charge in [0.15, 0.2) is 0 Å². The molecule has 4 nitrogen and oxygen atoms in total. The Kier molecular flexibility index (Phi) is 3.00. The van der Waals surface area contributed by atoms with Crippen LogP contribution in [-0.4, -0.2) is 29.4 Å². The van der Waals surface area contributed by atoms with Gasteiger partial charge in [0, 0.05) is 13.1 Å². The zero-order chi connectivity index (χ0) is 12.6. The van der Waals surface area contributed by atoms with Gasteiger partial charge in [-0.15, -0.1) is 0 Å². The van der Waals surface area contributed by atoms with E-state index in [1.165, 1.54) is 0 Å². The van der Waals surface area contributed by atoms with Crippen molar-refractivity contribution >= 4 is 5.91 Å². The topological polar surface area (TPSA) is 59.5 Å². The van der Waals surface area contributed by atoms with Crippen LogP contribution in [0.1, 0.15) is 41.6 Å². The fourth-order valence-electron chi connectivity index (χ4n) is 2.53. The summed E-state index contributed by atoms with van der Waals surface area (Å²) in [4.78, 5) is 14.0. The molecule has 0 radical (unpaired) electrons. The molecule has 2 N–H and O–H groups in total. The number of rotatable bonds is 3. The number of furan rings is 1. The molecule has 1 aliphatic rings. The fourth-order valence-corrected chi connectivity index (χ4v) is 2.53. The maximum atomic E-state index is 12.2. The molecule has 0 unspecified atom stereocenters. The molecular weight excluding hydrogens is 216 g/mol. The van der Waals surface area contributed by atoms with E-state index in [4.69, 9.17) is 10.2 Å². The largest absolute Gasteiger partial charge is 0.466 e. The van der Waals surface area contributed by atoms with Crippen molar-refractivity contribution < 1.29 is 9.21 Å². The molecule has 1 aromatic heterocycles. The minimum absolute atomic E-state index is 0.0385. The highest BCUT2D eigenvalue weighted by Gasteiger charge is 2.41. The van der Waals surface area contributed by atoms with Gasteiger partial charge in [-0.2, -0.15) is 0 Å². The van der Waals surface area contributed by atoms with Crippen molar-refractivity contribution in [3.63, 3.8) is 0 Å². The van der Waals surface area contributed by atoms with E-state index in [1.54, 1.807) is 11.0 Å². The summed E-state index contributed by atoms with van der Waals surface area (Å²) in [5.74, 6) is 1.51.